The van der Waals surface area contributed by atoms with E-state index in [1.165, 1.54) is 22.5 Å². The molecule has 6 heteroatoms. The number of halogens is 1. The molecule has 1 aliphatic rings. The molecule has 0 bridgehead atoms. The third kappa shape index (κ3) is 5.02. The van der Waals surface area contributed by atoms with E-state index in [-0.39, 0.29) is 5.82 Å². The van der Waals surface area contributed by atoms with Gasteiger partial charge in [0.05, 0.1) is 0 Å². The van der Waals surface area contributed by atoms with Crippen molar-refractivity contribution in [1.82, 2.24) is 24.8 Å². The summed E-state index contributed by atoms with van der Waals surface area (Å²) in [5, 5.41) is 4.85. The van der Waals surface area contributed by atoms with E-state index in [0.717, 1.165) is 68.9 Å². The Morgan fingerprint density at radius 1 is 1.15 bits per heavy atom. The summed E-state index contributed by atoms with van der Waals surface area (Å²) in [5.74, 6) is 0.851. The fourth-order valence-electron chi connectivity index (χ4n) is 5.05. The minimum Gasteiger partial charge on any atom is -0.361 e. The maximum absolute atomic E-state index is 13.5. The van der Waals surface area contributed by atoms with Gasteiger partial charge in [-0.05, 0) is 74.1 Å². The van der Waals surface area contributed by atoms with Crippen LogP contribution in [-0.2, 0) is 12.8 Å². The zero-order valence-electron chi connectivity index (χ0n) is 19.2. The van der Waals surface area contributed by atoms with Crippen molar-refractivity contribution >= 4 is 10.9 Å². The molecule has 5 nitrogen and oxygen atoms in total. The van der Waals surface area contributed by atoms with Crippen molar-refractivity contribution in [2.24, 2.45) is 0 Å². The molecular formula is C27H32FN5. The number of nitrogens with one attached hydrogen (secondary N) is 2. The highest BCUT2D eigenvalue weighted by Crippen LogP contribution is 2.24. The Morgan fingerprint density at radius 3 is 2.94 bits per heavy atom. The van der Waals surface area contributed by atoms with E-state index in [0.29, 0.717) is 6.04 Å². The molecule has 33 heavy (non-hydrogen) atoms. The Labute approximate surface area is 194 Å². The lowest BCUT2D eigenvalue weighted by Crippen LogP contribution is -2.51. The largest absolute Gasteiger partial charge is 0.361 e. The Bertz CT molecular complexity index is 1210. The molecule has 5 rings (SSSR count). The summed E-state index contributed by atoms with van der Waals surface area (Å²) in [6, 6.07) is 14.1. The van der Waals surface area contributed by atoms with Crippen LogP contribution in [0.15, 0.2) is 61.1 Å². The topological polar surface area (TPSA) is 48.9 Å². The van der Waals surface area contributed by atoms with Crippen LogP contribution in [0.2, 0.25) is 0 Å². The second-order valence-corrected chi connectivity index (χ2v) is 9.05. The van der Waals surface area contributed by atoms with Crippen LogP contribution in [-0.4, -0.2) is 51.7 Å². The van der Waals surface area contributed by atoms with Gasteiger partial charge in [-0.15, -0.1) is 0 Å². The van der Waals surface area contributed by atoms with Gasteiger partial charge in [0.25, 0.3) is 0 Å². The van der Waals surface area contributed by atoms with Gasteiger partial charge in [-0.2, -0.15) is 0 Å². The van der Waals surface area contributed by atoms with Crippen LogP contribution < -0.4 is 5.32 Å². The number of aromatic nitrogens is 3. The monoisotopic (exact) mass is 445 g/mol. The fraction of sp³-hybridized carbons (Fsp3) is 0.370. The highest BCUT2D eigenvalue weighted by molar-refractivity contribution is 5.85. The highest BCUT2D eigenvalue weighted by atomic mass is 19.1. The number of benzene rings is 2. The third-order valence-corrected chi connectivity index (χ3v) is 6.89. The SMILES string of the molecule is Cc1nccn1-c1ccc2[nH]cc(CCCC3CNCCN3CCc3cccc(F)c3)c2c1. The summed E-state index contributed by atoms with van der Waals surface area (Å²) < 4.78 is 15.6. The van der Waals surface area contributed by atoms with Crippen LogP contribution in [0.3, 0.4) is 0 Å². The van der Waals surface area contributed by atoms with Gasteiger partial charge < -0.3 is 14.9 Å². The molecule has 1 atom stereocenters. The van der Waals surface area contributed by atoms with Crippen LogP contribution >= 0.6 is 0 Å². The first-order valence-corrected chi connectivity index (χ1v) is 12.0. The predicted molar refractivity (Wildman–Crippen MR) is 131 cm³/mol. The molecule has 2 aromatic heterocycles. The van der Waals surface area contributed by atoms with Crippen LogP contribution in [0.5, 0.6) is 0 Å². The van der Waals surface area contributed by atoms with Crippen LogP contribution in [0, 0.1) is 12.7 Å². The second-order valence-electron chi connectivity index (χ2n) is 9.05. The van der Waals surface area contributed by atoms with Gasteiger partial charge >= 0.3 is 0 Å². The van der Waals surface area contributed by atoms with Crippen molar-refractivity contribution in [2.75, 3.05) is 26.2 Å². The van der Waals surface area contributed by atoms with Crippen molar-refractivity contribution in [3.05, 3.63) is 83.8 Å². The van der Waals surface area contributed by atoms with E-state index in [9.17, 15) is 4.39 Å². The summed E-state index contributed by atoms with van der Waals surface area (Å²) in [6.07, 6.45) is 10.3. The number of piperazine rings is 1. The molecular weight excluding hydrogens is 413 g/mol. The lowest BCUT2D eigenvalue weighted by atomic mass is 10.0. The number of nitrogens with zero attached hydrogens (tertiary/aromatic N) is 3. The van der Waals surface area contributed by atoms with Gasteiger partial charge in [0.2, 0.25) is 0 Å². The lowest BCUT2D eigenvalue weighted by Gasteiger charge is -2.36. The maximum atomic E-state index is 13.5. The fourth-order valence-corrected chi connectivity index (χ4v) is 5.05. The van der Waals surface area contributed by atoms with E-state index < -0.39 is 0 Å². The summed E-state index contributed by atoms with van der Waals surface area (Å²) in [4.78, 5) is 10.4. The number of imidazole rings is 1. The zero-order chi connectivity index (χ0) is 22.6. The average Bonchev–Trinajstić information content (AvgIpc) is 3.44. The molecule has 0 saturated carbocycles. The molecule has 0 aliphatic carbocycles. The molecule has 3 heterocycles. The Kier molecular flexibility index (Phi) is 6.55. The smallest absolute Gasteiger partial charge is 0.123 e. The minimum atomic E-state index is -0.144. The van der Waals surface area contributed by atoms with Crippen LogP contribution in [0.25, 0.3) is 16.6 Å². The van der Waals surface area contributed by atoms with E-state index in [1.807, 2.05) is 25.4 Å². The normalized spacial score (nSPS) is 17.1. The van der Waals surface area contributed by atoms with Gasteiger partial charge in [0.1, 0.15) is 11.6 Å². The van der Waals surface area contributed by atoms with Crippen LogP contribution in [0.1, 0.15) is 29.8 Å². The van der Waals surface area contributed by atoms with Crippen molar-refractivity contribution in [2.45, 2.75) is 38.6 Å². The van der Waals surface area contributed by atoms with E-state index in [2.05, 4.69) is 49.1 Å². The predicted octanol–water partition coefficient (Wildman–Crippen LogP) is 4.64. The molecule has 0 spiro atoms. The molecule has 2 aromatic carbocycles. The molecule has 1 saturated heterocycles. The van der Waals surface area contributed by atoms with Gasteiger partial charge in [-0.25, -0.2) is 9.37 Å². The first kappa shape index (κ1) is 21.9. The quantitative estimate of drug-likeness (QED) is 0.415. The third-order valence-electron chi connectivity index (χ3n) is 6.89. The standard InChI is InChI=1S/C27H32FN5/c1-20-30-12-15-33(20)24-8-9-27-26(17-24)22(18-31-27)5-3-7-25-19-29-11-14-32(25)13-10-21-4-2-6-23(28)16-21/h2,4,6,8-9,12,15-18,25,29,31H,3,5,7,10-11,13-14,19H2,1H3. The molecule has 1 fully saturated rings. The summed E-state index contributed by atoms with van der Waals surface area (Å²) in [6.45, 7) is 6.12. The Balaban J connectivity index is 1.21. The second kappa shape index (κ2) is 9.89. The van der Waals surface area contributed by atoms with Gasteiger partial charge in [-0.3, -0.25) is 4.90 Å². The highest BCUT2D eigenvalue weighted by Gasteiger charge is 2.21. The number of aryl methyl sites for hydroxylation is 2. The van der Waals surface area contributed by atoms with Crippen molar-refractivity contribution in [1.29, 1.82) is 0 Å². The average molecular weight is 446 g/mol. The Morgan fingerprint density at radius 2 is 2.09 bits per heavy atom. The summed E-state index contributed by atoms with van der Waals surface area (Å²) in [7, 11) is 0. The molecule has 172 valence electrons. The van der Waals surface area contributed by atoms with Crippen molar-refractivity contribution in [3.8, 4) is 5.69 Å². The summed E-state index contributed by atoms with van der Waals surface area (Å²) >= 11 is 0. The Hall–Kier alpha value is -2.96. The van der Waals surface area contributed by atoms with Gasteiger partial charge in [-0.1, -0.05) is 12.1 Å². The maximum Gasteiger partial charge on any atom is 0.123 e. The number of rotatable bonds is 8. The van der Waals surface area contributed by atoms with E-state index in [4.69, 9.17) is 0 Å². The number of fused-ring (bicyclic) bond motifs is 1. The molecule has 2 N–H and O–H groups in total. The number of hydrogen-bond donors (Lipinski definition) is 2. The molecule has 4 aromatic rings. The molecule has 1 unspecified atom stereocenters. The lowest BCUT2D eigenvalue weighted by molar-refractivity contribution is 0.153. The molecule has 0 amide bonds. The van der Waals surface area contributed by atoms with Crippen molar-refractivity contribution < 1.29 is 4.39 Å². The summed E-state index contributed by atoms with van der Waals surface area (Å²) in [5.41, 5.74) is 4.79. The minimum absolute atomic E-state index is 0.144. The zero-order valence-corrected chi connectivity index (χ0v) is 19.2. The van der Waals surface area contributed by atoms with E-state index in [1.54, 1.807) is 12.1 Å². The van der Waals surface area contributed by atoms with Crippen LogP contribution in [0.4, 0.5) is 4.39 Å². The van der Waals surface area contributed by atoms with Gasteiger partial charge in [0.15, 0.2) is 0 Å². The molecule has 1 aliphatic heterocycles. The number of hydrogen-bond acceptors (Lipinski definition) is 3. The first-order valence-electron chi connectivity index (χ1n) is 12.0. The van der Waals surface area contributed by atoms with E-state index >= 15 is 0 Å². The number of aromatic amines is 1. The molecule has 0 radical (unpaired) electrons. The first-order chi connectivity index (χ1) is 16.2. The number of H-pyrrole nitrogens is 1. The van der Waals surface area contributed by atoms with Crippen molar-refractivity contribution in [3.63, 3.8) is 0 Å². The van der Waals surface area contributed by atoms with Gasteiger partial charge in [0, 0.05) is 67.4 Å².